The number of aromatic hydroxyl groups is 1. The molecular weight excluding hydrogens is 506 g/mol. The summed E-state index contributed by atoms with van der Waals surface area (Å²) in [5, 5.41) is 13.7. The van der Waals surface area contributed by atoms with Gasteiger partial charge in [0.15, 0.2) is 0 Å². The number of hydrogen-bond acceptors (Lipinski definition) is 4. The van der Waals surface area contributed by atoms with Crippen molar-refractivity contribution in [2.24, 2.45) is 11.8 Å². The Morgan fingerprint density at radius 3 is 2.71 bits per heavy atom. The van der Waals surface area contributed by atoms with E-state index < -0.39 is 0 Å². The van der Waals surface area contributed by atoms with Crippen LogP contribution in [0.4, 0.5) is 0 Å². The summed E-state index contributed by atoms with van der Waals surface area (Å²) in [5.74, 6) is 1.55. The number of aromatic nitrogens is 2. The number of nitrogens with one attached hydrogen (secondary N) is 2. The van der Waals surface area contributed by atoms with Crippen molar-refractivity contribution in [1.29, 1.82) is 0 Å². The zero-order chi connectivity index (χ0) is 27.8. The van der Waals surface area contributed by atoms with Crippen molar-refractivity contribution in [3.8, 4) is 5.75 Å². The largest absolute Gasteiger partial charge is 0.508 e. The highest BCUT2D eigenvalue weighted by atomic mass is 16.3. The minimum atomic E-state index is 0.288. The van der Waals surface area contributed by atoms with Crippen LogP contribution in [0.5, 0.6) is 5.75 Å². The van der Waals surface area contributed by atoms with Crippen LogP contribution in [-0.4, -0.2) is 69.5 Å². The molecule has 4 aliphatic heterocycles. The number of nitrogens with zero attached hydrogens (tertiary/aromatic N) is 3. The Kier molecular flexibility index (Phi) is 6.10. The van der Waals surface area contributed by atoms with Gasteiger partial charge in [-0.15, -0.1) is 6.58 Å². The molecule has 3 N–H and O–H groups in total. The lowest BCUT2D eigenvalue weighted by atomic mass is 9.74. The van der Waals surface area contributed by atoms with E-state index in [1.807, 2.05) is 6.07 Å². The van der Waals surface area contributed by atoms with Crippen molar-refractivity contribution in [3.05, 3.63) is 77.1 Å². The van der Waals surface area contributed by atoms with Gasteiger partial charge in [-0.05, 0) is 93.9 Å². The van der Waals surface area contributed by atoms with Crippen LogP contribution in [0, 0.1) is 11.8 Å². The van der Waals surface area contributed by atoms with E-state index in [1.165, 1.54) is 57.2 Å². The van der Waals surface area contributed by atoms with Gasteiger partial charge in [-0.2, -0.15) is 0 Å². The molecule has 2 aromatic carbocycles. The lowest BCUT2D eigenvalue weighted by Gasteiger charge is -2.47. The van der Waals surface area contributed by atoms with E-state index >= 15 is 0 Å². The molecule has 5 unspecified atom stereocenters. The number of phenolic OH excluding ortho intramolecular Hbond substituents is 1. The molecule has 4 aliphatic rings. The zero-order valence-electron chi connectivity index (χ0n) is 24.5. The normalized spacial score (nSPS) is 29.1. The van der Waals surface area contributed by atoms with Gasteiger partial charge in [0.05, 0.1) is 11.6 Å². The topological polar surface area (TPSA) is 61.5 Å². The minimum absolute atomic E-state index is 0.288. The molecule has 8 rings (SSSR count). The molecule has 6 heterocycles. The Hall–Kier alpha value is -3.06. The molecule has 214 valence electrons. The lowest BCUT2D eigenvalue weighted by molar-refractivity contribution is 0.0510. The van der Waals surface area contributed by atoms with E-state index in [0.29, 0.717) is 29.7 Å². The number of para-hydroxylation sites is 1. The number of H-pyrrole nitrogens is 2. The fourth-order valence-corrected chi connectivity index (χ4v) is 9.01. The van der Waals surface area contributed by atoms with Gasteiger partial charge in [0, 0.05) is 71.4 Å². The molecule has 4 aromatic rings. The van der Waals surface area contributed by atoms with Gasteiger partial charge in [0.25, 0.3) is 0 Å². The Labute approximate surface area is 243 Å². The summed E-state index contributed by atoms with van der Waals surface area (Å²) in [6.45, 7) is 8.61. The molecule has 0 radical (unpaired) electrons. The average molecular weight is 550 g/mol. The molecule has 5 atom stereocenters. The Morgan fingerprint density at radius 1 is 1.00 bits per heavy atom. The summed E-state index contributed by atoms with van der Waals surface area (Å²) in [6.07, 6.45) is 9.05. The van der Waals surface area contributed by atoms with Gasteiger partial charge >= 0.3 is 0 Å². The van der Waals surface area contributed by atoms with Crippen LogP contribution in [0.15, 0.2) is 49.1 Å². The van der Waals surface area contributed by atoms with Crippen molar-refractivity contribution >= 4 is 21.8 Å². The third-order valence-corrected chi connectivity index (χ3v) is 11.2. The van der Waals surface area contributed by atoms with Crippen LogP contribution in [0.25, 0.3) is 21.8 Å². The first kappa shape index (κ1) is 25.6. The first-order valence-electron chi connectivity index (χ1n) is 15.7. The Morgan fingerprint density at radius 2 is 1.88 bits per heavy atom. The van der Waals surface area contributed by atoms with Crippen LogP contribution < -0.4 is 0 Å². The van der Waals surface area contributed by atoms with Crippen molar-refractivity contribution in [1.82, 2.24) is 24.7 Å². The minimum Gasteiger partial charge on any atom is -0.508 e. The van der Waals surface area contributed by atoms with Crippen LogP contribution in [0.3, 0.4) is 0 Å². The third kappa shape index (κ3) is 4.02. The molecular formula is C35H43N5O. The maximum atomic E-state index is 11.0. The summed E-state index contributed by atoms with van der Waals surface area (Å²) in [6, 6.07) is 14.1. The van der Waals surface area contributed by atoms with Gasteiger partial charge in [-0.3, -0.25) is 14.7 Å². The van der Waals surface area contributed by atoms with E-state index in [4.69, 9.17) is 0 Å². The summed E-state index contributed by atoms with van der Waals surface area (Å²) >= 11 is 0. The predicted octanol–water partition coefficient (Wildman–Crippen LogP) is 6.29. The zero-order valence-corrected chi connectivity index (χ0v) is 24.5. The highest BCUT2D eigenvalue weighted by Gasteiger charge is 2.41. The van der Waals surface area contributed by atoms with Gasteiger partial charge in [-0.25, -0.2) is 0 Å². The second-order valence-electron chi connectivity index (χ2n) is 13.4. The summed E-state index contributed by atoms with van der Waals surface area (Å²) in [7, 11) is 4.51. The lowest BCUT2D eigenvalue weighted by Crippen LogP contribution is -2.47. The number of phenols is 1. The number of likely N-dealkylation sites (tertiary alicyclic amines) is 1. The molecule has 2 aromatic heterocycles. The molecule has 0 amide bonds. The molecule has 41 heavy (non-hydrogen) atoms. The average Bonchev–Trinajstić information content (AvgIpc) is 3.67. The Bertz CT molecular complexity index is 1630. The van der Waals surface area contributed by atoms with Crippen LogP contribution in [0.1, 0.15) is 65.8 Å². The number of rotatable bonds is 4. The molecule has 6 heteroatoms. The van der Waals surface area contributed by atoms with E-state index in [2.05, 4.69) is 81.7 Å². The fraction of sp³-hybridized carbons (Fsp3) is 0.486. The van der Waals surface area contributed by atoms with E-state index in [1.54, 1.807) is 0 Å². The molecule has 0 bridgehead atoms. The van der Waals surface area contributed by atoms with Crippen LogP contribution in [-0.2, 0) is 19.4 Å². The van der Waals surface area contributed by atoms with Crippen molar-refractivity contribution in [2.45, 2.75) is 63.2 Å². The monoisotopic (exact) mass is 549 g/mol. The first-order chi connectivity index (χ1) is 20.0. The highest BCUT2D eigenvalue weighted by molar-refractivity contribution is 5.90. The molecule has 6 nitrogen and oxygen atoms in total. The molecule has 0 aliphatic carbocycles. The maximum Gasteiger partial charge on any atom is 0.122 e. The SMILES string of the molecule is C=CC1CN2CCc3c([nH]c4c(C5CCCN5C)c(O)ccc34)C2CC1CC1Cc2[nH]c3ccccc3c2CN1C. The first-order valence-corrected chi connectivity index (χ1v) is 15.7. The fourth-order valence-electron chi connectivity index (χ4n) is 9.01. The van der Waals surface area contributed by atoms with Crippen LogP contribution in [0.2, 0.25) is 0 Å². The van der Waals surface area contributed by atoms with Crippen LogP contribution >= 0.6 is 0 Å². The summed E-state index contributed by atoms with van der Waals surface area (Å²) in [5.41, 5.74) is 9.36. The highest BCUT2D eigenvalue weighted by Crippen LogP contribution is 2.48. The summed E-state index contributed by atoms with van der Waals surface area (Å²) in [4.78, 5) is 15.4. The second-order valence-corrected chi connectivity index (χ2v) is 13.4. The van der Waals surface area contributed by atoms with Crippen molar-refractivity contribution in [2.75, 3.05) is 33.7 Å². The van der Waals surface area contributed by atoms with E-state index in [0.717, 1.165) is 57.4 Å². The van der Waals surface area contributed by atoms with Crippen molar-refractivity contribution < 1.29 is 5.11 Å². The van der Waals surface area contributed by atoms with E-state index in [9.17, 15) is 5.11 Å². The Balaban J connectivity index is 1.10. The van der Waals surface area contributed by atoms with Crippen molar-refractivity contribution in [3.63, 3.8) is 0 Å². The number of fused-ring (bicyclic) bond motifs is 8. The van der Waals surface area contributed by atoms with Gasteiger partial charge in [-0.1, -0.05) is 24.3 Å². The number of aromatic amines is 2. The second kappa shape index (κ2) is 9.75. The number of piperidine rings is 1. The van der Waals surface area contributed by atoms with Gasteiger partial charge in [0.2, 0.25) is 0 Å². The molecule has 0 saturated carbocycles. The summed E-state index contributed by atoms with van der Waals surface area (Å²) < 4.78 is 0. The molecule has 2 saturated heterocycles. The molecule has 2 fully saturated rings. The quantitative estimate of drug-likeness (QED) is 0.262. The van der Waals surface area contributed by atoms with Gasteiger partial charge < -0.3 is 15.1 Å². The number of hydrogen-bond donors (Lipinski definition) is 3. The predicted molar refractivity (Wildman–Crippen MR) is 166 cm³/mol. The maximum absolute atomic E-state index is 11.0. The standard InChI is InChI=1S/C35H43N5O/c1-4-21-19-40-15-13-26-25-11-12-32(41)33(30-10-7-14-38(30)2)35(25)37-34(26)31(40)17-22(21)16-23-18-29-27(20-39(23)3)24-8-5-6-9-28(24)36-29/h4-6,8-9,11-12,21-23,30-31,36-37,41H,1,7,10,13-20H2,2-3H3. The van der Waals surface area contributed by atoms with E-state index in [-0.39, 0.29) is 6.04 Å². The molecule has 0 spiro atoms. The third-order valence-electron chi connectivity index (χ3n) is 11.2. The smallest absolute Gasteiger partial charge is 0.122 e. The number of likely N-dealkylation sites (N-methyl/N-ethyl adjacent to an activating group) is 1. The van der Waals surface area contributed by atoms with Gasteiger partial charge in [0.1, 0.15) is 5.75 Å². The number of benzene rings is 2.